The fourth-order valence-electron chi connectivity index (χ4n) is 5.51. The minimum Gasteiger partial charge on any atom is -0.497 e. The number of hydrogen-bond donors (Lipinski definition) is 2. The summed E-state index contributed by atoms with van der Waals surface area (Å²) in [4.78, 5) is 19.6. The highest BCUT2D eigenvalue weighted by Gasteiger charge is 2.30. The molecule has 0 saturated carbocycles. The van der Waals surface area contributed by atoms with Gasteiger partial charge in [-0.25, -0.2) is 0 Å². The molecule has 0 aliphatic carbocycles. The van der Waals surface area contributed by atoms with Crippen LogP contribution in [-0.4, -0.2) is 63.1 Å². The molecule has 2 aromatic heterocycles. The third-order valence-corrected chi connectivity index (χ3v) is 8.62. The van der Waals surface area contributed by atoms with E-state index < -0.39 is 12.1 Å². The standard InChI is InChI=1S/C29H39N3O4S/c1-31-15-12-24(20-31)37-17-3-14-32-16-11-21(22(19-32)5-9-29(34)35)4-8-28(33)25-10-13-30-27-7-6-23(36-2)18-26(25)27/h6-7,10,12-13,15,18,20-22,28,33H,3-5,8-9,11,14,16-17,19H2,1-2H3,(H,34,35)/t21-,22-,28-/m1/s1. The second-order valence-electron chi connectivity index (χ2n) is 10.1. The zero-order valence-electron chi connectivity index (χ0n) is 21.9. The molecule has 0 radical (unpaired) electrons. The van der Waals surface area contributed by atoms with Crippen LogP contribution in [0.15, 0.2) is 53.8 Å². The fourth-order valence-corrected chi connectivity index (χ4v) is 6.42. The number of aliphatic hydroxyl groups is 1. The molecule has 1 aromatic carbocycles. The van der Waals surface area contributed by atoms with Crippen molar-refractivity contribution in [1.29, 1.82) is 0 Å². The number of pyridine rings is 1. The molecule has 4 rings (SSSR count). The van der Waals surface area contributed by atoms with Crippen LogP contribution in [0.1, 0.15) is 50.2 Å². The lowest BCUT2D eigenvalue weighted by atomic mass is 9.79. The zero-order valence-corrected chi connectivity index (χ0v) is 22.7. The number of fused-ring (bicyclic) bond motifs is 1. The van der Waals surface area contributed by atoms with Crippen molar-refractivity contribution in [3.05, 3.63) is 54.5 Å². The van der Waals surface area contributed by atoms with Crippen LogP contribution in [0.4, 0.5) is 0 Å². The fraction of sp³-hybridized carbons (Fsp3) is 0.517. The predicted molar refractivity (Wildman–Crippen MR) is 148 cm³/mol. The summed E-state index contributed by atoms with van der Waals surface area (Å²) < 4.78 is 7.45. The lowest BCUT2D eigenvalue weighted by molar-refractivity contribution is -0.137. The van der Waals surface area contributed by atoms with Gasteiger partial charge in [0.15, 0.2) is 0 Å². The number of benzene rings is 1. The number of ether oxygens (including phenoxy) is 1. The molecule has 0 bridgehead atoms. The Kier molecular flexibility index (Phi) is 9.88. The van der Waals surface area contributed by atoms with Crippen LogP contribution in [0.25, 0.3) is 10.9 Å². The number of piperidine rings is 1. The summed E-state index contributed by atoms with van der Waals surface area (Å²) in [5.74, 6) is 1.87. The number of rotatable bonds is 13. The van der Waals surface area contributed by atoms with Crippen molar-refractivity contribution >= 4 is 28.6 Å². The molecule has 37 heavy (non-hydrogen) atoms. The van der Waals surface area contributed by atoms with Crippen molar-refractivity contribution in [1.82, 2.24) is 14.5 Å². The Bertz CT molecular complexity index is 1170. The third-order valence-electron chi connectivity index (χ3n) is 7.55. The third kappa shape index (κ3) is 7.72. The highest BCUT2D eigenvalue weighted by Crippen LogP contribution is 2.35. The van der Waals surface area contributed by atoms with Crippen LogP contribution in [0.5, 0.6) is 5.75 Å². The molecule has 1 aliphatic rings. The molecule has 0 amide bonds. The maximum Gasteiger partial charge on any atom is 0.303 e. The molecule has 0 spiro atoms. The first kappa shape index (κ1) is 27.5. The van der Waals surface area contributed by atoms with E-state index in [1.165, 1.54) is 4.90 Å². The Labute approximate surface area is 223 Å². The van der Waals surface area contributed by atoms with Crippen LogP contribution in [0.2, 0.25) is 0 Å². The SMILES string of the molecule is COc1ccc2nccc([C@H](O)CC[C@@H]3CCN(CCCSc4ccn(C)c4)C[C@H]3CCC(=O)O)c2c1. The quantitative estimate of drug-likeness (QED) is 0.229. The van der Waals surface area contributed by atoms with Crippen LogP contribution in [0, 0.1) is 11.8 Å². The number of carboxylic acids is 1. The van der Waals surface area contributed by atoms with E-state index in [0.717, 1.165) is 66.9 Å². The molecule has 1 fully saturated rings. The van der Waals surface area contributed by atoms with E-state index in [9.17, 15) is 15.0 Å². The van der Waals surface area contributed by atoms with E-state index in [0.29, 0.717) is 24.7 Å². The van der Waals surface area contributed by atoms with E-state index >= 15 is 0 Å². The molecule has 1 aliphatic heterocycles. The lowest BCUT2D eigenvalue weighted by Crippen LogP contribution is -2.41. The summed E-state index contributed by atoms with van der Waals surface area (Å²) in [7, 11) is 3.68. The van der Waals surface area contributed by atoms with Crippen molar-refractivity contribution in [3.63, 3.8) is 0 Å². The molecule has 0 unspecified atom stereocenters. The predicted octanol–water partition coefficient (Wildman–Crippen LogP) is 5.38. The average molecular weight is 526 g/mol. The number of thioether (sulfide) groups is 1. The van der Waals surface area contributed by atoms with Crippen molar-refractivity contribution in [3.8, 4) is 5.75 Å². The number of aliphatic carboxylic acids is 1. The molecular weight excluding hydrogens is 486 g/mol. The van der Waals surface area contributed by atoms with Gasteiger partial charge < -0.3 is 24.4 Å². The first-order chi connectivity index (χ1) is 17.9. The minimum absolute atomic E-state index is 0.205. The van der Waals surface area contributed by atoms with Gasteiger partial charge in [0.1, 0.15) is 5.75 Å². The molecule has 3 atom stereocenters. The first-order valence-corrected chi connectivity index (χ1v) is 14.2. The summed E-state index contributed by atoms with van der Waals surface area (Å²) in [5, 5.41) is 21.4. The van der Waals surface area contributed by atoms with Gasteiger partial charge in [-0.3, -0.25) is 9.78 Å². The second-order valence-corrected chi connectivity index (χ2v) is 11.3. The van der Waals surface area contributed by atoms with E-state index in [4.69, 9.17) is 4.74 Å². The molecule has 3 heterocycles. The van der Waals surface area contributed by atoms with Gasteiger partial charge in [0, 0.05) is 48.9 Å². The first-order valence-electron chi connectivity index (χ1n) is 13.2. The number of carbonyl (C=O) groups is 1. The number of methoxy groups -OCH3 is 1. The minimum atomic E-state index is -0.729. The van der Waals surface area contributed by atoms with E-state index in [-0.39, 0.29) is 6.42 Å². The second kappa shape index (κ2) is 13.3. The molecular formula is C29H39N3O4S. The van der Waals surface area contributed by atoms with Gasteiger partial charge in [-0.2, -0.15) is 0 Å². The number of hydrogen-bond acceptors (Lipinski definition) is 6. The molecule has 2 N–H and O–H groups in total. The normalized spacial score (nSPS) is 19.2. The van der Waals surface area contributed by atoms with Gasteiger partial charge in [0.25, 0.3) is 0 Å². The van der Waals surface area contributed by atoms with E-state index in [1.807, 2.05) is 43.1 Å². The highest BCUT2D eigenvalue weighted by atomic mass is 32.2. The average Bonchev–Trinajstić information content (AvgIpc) is 3.33. The van der Waals surface area contributed by atoms with Crippen LogP contribution in [-0.2, 0) is 11.8 Å². The Morgan fingerprint density at radius 1 is 1.24 bits per heavy atom. The van der Waals surface area contributed by atoms with Crippen molar-refractivity contribution < 1.29 is 19.7 Å². The molecule has 200 valence electrons. The number of carboxylic acid groups (broad SMARTS) is 1. The van der Waals surface area contributed by atoms with Gasteiger partial charge in [-0.05, 0) is 98.7 Å². The Balaban J connectivity index is 1.32. The molecule has 8 heteroatoms. The Hall–Kier alpha value is -2.55. The number of likely N-dealkylation sites (tertiary alicyclic amines) is 1. The maximum absolute atomic E-state index is 11.3. The number of aryl methyl sites for hydroxylation is 1. The monoisotopic (exact) mass is 525 g/mol. The molecule has 3 aromatic rings. The van der Waals surface area contributed by atoms with Crippen molar-refractivity contribution in [2.24, 2.45) is 18.9 Å². The van der Waals surface area contributed by atoms with Crippen molar-refractivity contribution in [2.45, 2.75) is 49.5 Å². The Morgan fingerprint density at radius 3 is 2.86 bits per heavy atom. The summed E-state index contributed by atoms with van der Waals surface area (Å²) in [6.07, 6.45) is 9.99. The summed E-state index contributed by atoms with van der Waals surface area (Å²) in [5.41, 5.74) is 1.72. The van der Waals surface area contributed by atoms with Gasteiger partial charge >= 0.3 is 5.97 Å². The Morgan fingerprint density at radius 2 is 2.11 bits per heavy atom. The number of nitrogens with zero attached hydrogens (tertiary/aromatic N) is 3. The molecule has 1 saturated heterocycles. The van der Waals surface area contributed by atoms with Gasteiger partial charge in [0.05, 0.1) is 18.7 Å². The highest BCUT2D eigenvalue weighted by molar-refractivity contribution is 7.99. The number of aliphatic hydroxyl groups excluding tert-OH is 1. The van der Waals surface area contributed by atoms with E-state index in [1.54, 1.807) is 13.3 Å². The largest absolute Gasteiger partial charge is 0.497 e. The zero-order chi connectivity index (χ0) is 26.2. The van der Waals surface area contributed by atoms with Crippen LogP contribution in [0.3, 0.4) is 0 Å². The summed E-state index contributed by atoms with van der Waals surface area (Å²) >= 11 is 1.89. The van der Waals surface area contributed by atoms with E-state index in [2.05, 4.69) is 32.9 Å². The van der Waals surface area contributed by atoms with Crippen LogP contribution < -0.4 is 4.74 Å². The maximum atomic E-state index is 11.3. The van der Waals surface area contributed by atoms with Gasteiger partial charge in [-0.15, -0.1) is 11.8 Å². The van der Waals surface area contributed by atoms with Gasteiger partial charge in [-0.1, -0.05) is 0 Å². The smallest absolute Gasteiger partial charge is 0.303 e. The van der Waals surface area contributed by atoms with Crippen molar-refractivity contribution in [2.75, 3.05) is 32.5 Å². The summed E-state index contributed by atoms with van der Waals surface area (Å²) in [6, 6.07) is 9.78. The lowest BCUT2D eigenvalue weighted by Gasteiger charge is -2.39. The van der Waals surface area contributed by atoms with Crippen LogP contribution >= 0.6 is 11.8 Å². The topological polar surface area (TPSA) is 87.8 Å². The summed E-state index contributed by atoms with van der Waals surface area (Å²) in [6.45, 7) is 3.03. The number of aromatic nitrogens is 2. The molecule has 7 nitrogen and oxygen atoms in total. The van der Waals surface area contributed by atoms with Gasteiger partial charge in [0.2, 0.25) is 0 Å².